The molecule has 1 aromatic heterocycles. The highest BCUT2D eigenvalue weighted by atomic mass is 32.2. The highest BCUT2D eigenvalue weighted by Crippen LogP contribution is 2.32. The van der Waals surface area contributed by atoms with Crippen LogP contribution in [0.2, 0.25) is 0 Å². The van der Waals surface area contributed by atoms with Gasteiger partial charge in [-0.1, -0.05) is 42.2 Å². The van der Waals surface area contributed by atoms with Crippen LogP contribution >= 0.6 is 24.0 Å². The third-order valence-corrected chi connectivity index (χ3v) is 4.56. The molecule has 0 atom stereocenters. The monoisotopic (exact) mass is 329 g/mol. The van der Waals surface area contributed by atoms with Crippen LogP contribution < -0.4 is 5.43 Å². The predicted octanol–water partition coefficient (Wildman–Crippen LogP) is 3.18. The highest BCUT2D eigenvalue weighted by Gasteiger charge is 2.31. The number of amides is 1. The van der Waals surface area contributed by atoms with Crippen LogP contribution in [0.4, 0.5) is 0 Å². The average Bonchev–Trinajstić information content (AvgIpc) is 2.78. The second kappa shape index (κ2) is 5.90. The Bertz CT molecular complexity index is 882. The predicted molar refractivity (Wildman–Crippen MR) is 92.6 cm³/mol. The minimum Gasteiger partial charge on any atom is -0.463 e. The van der Waals surface area contributed by atoms with Gasteiger partial charge in [-0.05, 0) is 18.2 Å². The van der Waals surface area contributed by atoms with Crippen LogP contribution in [-0.2, 0) is 4.79 Å². The third-order valence-electron chi connectivity index (χ3n) is 3.18. The molecule has 0 bridgehead atoms. The van der Waals surface area contributed by atoms with Gasteiger partial charge >= 0.3 is 0 Å². The molecular weight excluding hydrogens is 318 g/mol. The molecule has 1 aliphatic rings. The van der Waals surface area contributed by atoms with E-state index in [2.05, 4.69) is 6.58 Å². The first-order valence-electron chi connectivity index (χ1n) is 6.48. The van der Waals surface area contributed by atoms with Crippen molar-refractivity contribution in [3.8, 4) is 0 Å². The Morgan fingerprint density at radius 2 is 2.09 bits per heavy atom. The minimum absolute atomic E-state index is 0.171. The van der Waals surface area contributed by atoms with Crippen molar-refractivity contribution in [3.05, 3.63) is 63.9 Å². The number of hydrogen-bond donors (Lipinski definition) is 0. The summed E-state index contributed by atoms with van der Waals surface area (Å²) in [4.78, 5) is 26.5. The summed E-state index contributed by atoms with van der Waals surface area (Å²) < 4.78 is 5.90. The fraction of sp³-hybridized carbons (Fsp3) is 0.0625. The zero-order valence-electron chi connectivity index (χ0n) is 11.4. The van der Waals surface area contributed by atoms with E-state index < -0.39 is 0 Å². The lowest BCUT2D eigenvalue weighted by Gasteiger charge is -2.10. The van der Waals surface area contributed by atoms with Crippen molar-refractivity contribution in [3.63, 3.8) is 0 Å². The first kappa shape index (κ1) is 14.7. The third kappa shape index (κ3) is 2.51. The van der Waals surface area contributed by atoms with E-state index in [0.29, 0.717) is 32.3 Å². The van der Waals surface area contributed by atoms with Gasteiger partial charge in [-0.15, -0.1) is 6.58 Å². The van der Waals surface area contributed by atoms with E-state index in [1.807, 2.05) is 0 Å². The molecule has 3 rings (SSSR count). The number of carbonyl (C=O) groups excluding carboxylic acids is 1. The number of rotatable bonds is 3. The minimum atomic E-state index is -0.220. The SMILES string of the molecule is C=CCN1C(=O)/C(=C\c2coc3ccccc3c2=O)SC1=S. The second-order valence-corrected chi connectivity index (χ2v) is 6.27. The number of thiocarbonyl (C=S) groups is 1. The van der Waals surface area contributed by atoms with Crippen molar-refractivity contribution in [1.29, 1.82) is 0 Å². The van der Waals surface area contributed by atoms with Gasteiger partial charge < -0.3 is 4.42 Å². The maximum Gasteiger partial charge on any atom is 0.266 e. The molecule has 0 radical (unpaired) electrons. The molecule has 22 heavy (non-hydrogen) atoms. The van der Waals surface area contributed by atoms with Crippen molar-refractivity contribution in [1.82, 2.24) is 4.90 Å². The Kier molecular flexibility index (Phi) is 3.96. The Morgan fingerprint density at radius 1 is 1.32 bits per heavy atom. The molecule has 0 unspecified atom stereocenters. The summed E-state index contributed by atoms with van der Waals surface area (Å²) in [6.07, 6.45) is 4.50. The number of hydrogen-bond acceptors (Lipinski definition) is 5. The van der Waals surface area contributed by atoms with Crippen LogP contribution in [0.15, 0.2) is 57.3 Å². The Hall–Kier alpha value is -2.18. The quantitative estimate of drug-likeness (QED) is 0.492. The van der Waals surface area contributed by atoms with E-state index in [9.17, 15) is 9.59 Å². The van der Waals surface area contributed by atoms with Gasteiger partial charge in [-0.2, -0.15) is 0 Å². The van der Waals surface area contributed by atoms with E-state index in [0.717, 1.165) is 0 Å². The number of para-hydroxylation sites is 1. The maximum absolute atomic E-state index is 12.4. The molecule has 110 valence electrons. The maximum atomic E-state index is 12.4. The molecule has 6 heteroatoms. The molecule has 1 fully saturated rings. The van der Waals surface area contributed by atoms with Gasteiger partial charge in [0.1, 0.15) is 16.2 Å². The summed E-state index contributed by atoms with van der Waals surface area (Å²) in [5, 5.41) is 0.484. The molecular formula is C16H11NO3S2. The van der Waals surface area contributed by atoms with Crippen molar-refractivity contribution in [2.24, 2.45) is 0 Å². The van der Waals surface area contributed by atoms with Crippen molar-refractivity contribution < 1.29 is 9.21 Å². The molecule has 1 saturated heterocycles. The summed E-state index contributed by atoms with van der Waals surface area (Å²) >= 11 is 6.34. The number of carbonyl (C=O) groups is 1. The van der Waals surface area contributed by atoms with E-state index in [1.54, 1.807) is 30.3 Å². The van der Waals surface area contributed by atoms with Crippen LogP contribution in [0, 0.1) is 0 Å². The van der Waals surface area contributed by atoms with Gasteiger partial charge in [0.15, 0.2) is 5.43 Å². The van der Waals surface area contributed by atoms with E-state index in [-0.39, 0.29) is 11.3 Å². The summed E-state index contributed by atoms with van der Waals surface area (Å²) in [5.41, 5.74) is 0.678. The van der Waals surface area contributed by atoms with Crippen LogP contribution in [-0.4, -0.2) is 21.7 Å². The summed E-state index contributed by atoms with van der Waals surface area (Å²) in [7, 11) is 0. The van der Waals surface area contributed by atoms with Crippen LogP contribution in [0.3, 0.4) is 0 Å². The van der Waals surface area contributed by atoms with Gasteiger partial charge in [0, 0.05) is 6.54 Å². The molecule has 1 aromatic carbocycles. The normalized spacial score (nSPS) is 16.7. The van der Waals surface area contributed by atoms with Crippen LogP contribution in [0.25, 0.3) is 17.0 Å². The lowest BCUT2D eigenvalue weighted by molar-refractivity contribution is -0.121. The molecule has 1 amide bonds. The number of nitrogens with zero attached hydrogens (tertiary/aromatic N) is 1. The molecule has 2 heterocycles. The summed E-state index contributed by atoms with van der Waals surface area (Å²) in [5.74, 6) is -0.220. The van der Waals surface area contributed by atoms with Crippen molar-refractivity contribution in [2.75, 3.05) is 6.54 Å². The van der Waals surface area contributed by atoms with Gasteiger partial charge in [0.05, 0.1) is 15.9 Å². The van der Waals surface area contributed by atoms with E-state index >= 15 is 0 Å². The second-order valence-electron chi connectivity index (χ2n) is 4.60. The van der Waals surface area contributed by atoms with Gasteiger partial charge in [-0.25, -0.2) is 0 Å². The van der Waals surface area contributed by atoms with E-state index in [4.69, 9.17) is 16.6 Å². The van der Waals surface area contributed by atoms with Crippen LogP contribution in [0.1, 0.15) is 5.56 Å². The van der Waals surface area contributed by atoms with Crippen molar-refractivity contribution in [2.45, 2.75) is 0 Å². The molecule has 2 aromatic rings. The van der Waals surface area contributed by atoms with E-state index in [1.165, 1.54) is 29.0 Å². The van der Waals surface area contributed by atoms with Crippen molar-refractivity contribution >= 4 is 51.3 Å². The fourth-order valence-corrected chi connectivity index (χ4v) is 3.39. The highest BCUT2D eigenvalue weighted by molar-refractivity contribution is 8.26. The summed E-state index contributed by atoms with van der Waals surface area (Å²) in [6.45, 7) is 3.96. The molecule has 4 nitrogen and oxygen atoms in total. The van der Waals surface area contributed by atoms with Gasteiger partial charge in [0.25, 0.3) is 5.91 Å². The van der Waals surface area contributed by atoms with Gasteiger partial charge in [0.2, 0.25) is 0 Å². The first-order valence-corrected chi connectivity index (χ1v) is 7.71. The Balaban J connectivity index is 2.04. The molecule has 0 aliphatic carbocycles. The van der Waals surface area contributed by atoms with Crippen LogP contribution in [0.5, 0.6) is 0 Å². The number of thioether (sulfide) groups is 1. The molecule has 0 saturated carbocycles. The average molecular weight is 329 g/mol. The van der Waals surface area contributed by atoms with Gasteiger partial charge in [-0.3, -0.25) is 14.5 Å². The number of benzene rings is 1. The smallest absolute Gasteiger partial charge is 0.266 e. The standard InChI is InChI=1S/C16H11NO3S2/c1-2-7-17-15(19)13(22-16(17)21)8-10-9-20-12-6-4-3-5-11(12)14(10)18/h2-6,8-9H,1,7H2/b13-8+. The topological polar surface area (TPSA) is 50.5 Å². The molecule has 1 aliphatic heterocycles. The largest absolute Gasteiger partial charge is 0.463 e. The first-order chi connectivity index (χ1) is 10.6. The lowest BCUT2D eigenvalue weighted by Crippen LogP contribution is -2.27. The Morgan fingerprint density at radius 3 is 2.86 bits per heavy atom. The zero-order chi connectivity index (χ0) is 15.7. The lowest BCUT2D eigenvalue weighted by atomic mass is 10.1. The number of fused-ring (bicyclic) bond motifs is 1. The Labute approximate surface area is 136 Å². The molecule has 0 N–H and O–H groups in total. The summed E-state index contributed by atoms with van der Waals surface area (Å²) in [6, 6.07) is 6.99. The molecule has 0 spiro atoms. The fourth-order valence-electron chi connectivity index (χ4n) is 2.12. The zero-order valence-corrected chi connectivity index (χ0v) is 13.1.